The summed E-state index contributed by atoms with van der Waals surface area (Å²) < 4.78 is 29.5. The zero-order valence-corrected chi connectivity index (χ0v) is 16.6. The minimum absolute atomic E-state index is 0.309. The lowest BCUT2D eigenvalue weighted by atomic mass is 9.92. The van der Waals surface area contributed by atoms with E-state index >= 15 is 0 Å². The van der Waals surface area contributed by atoms with Crippen LogP contribution < -0.4 is 10.0 Å². The molecule has 0 saturated heterocycles. The third kappa shape index (κ3) is 5.47. The standard InChI is InChI=1S/C14H20Cl2N2O9S/c15-14(16)28(25,26)18-6-3-8(13(23)24)27-11(10(21)7(20)4-19)9(6)17-12(22)5-1-2-5/h3,5-7,9-11,14,18-21H,1-2,4H2,(H,17,22)(H,23,24)/t6-,7+,9+,10+,11+/m0/s1. The van der Waals surface area contributed by atoms with Gasteiger partial charge in [-0.05, 0) is 18.9 Å². The first-order chi connectivity index (χ1) is 13.0. The van der Waals surface area contributed by atoms with E-state index in [9.17, 15) is 33.3 Å². The molecule has 160 valence electrons. The van der Waals surface area contributed by atoms with Crippen LogP contribution in [0.5, 0.6) is 0 Å². The number of carboxylic acids is 1. The van der Waals surface area contributed by atoms with Crippen LogP contribution in [0.15, 0.2) is 11.8 Å². The molecule has 1 saturated carbocycles. The smallest absolute Gasteiger partial charge is 0.370 e. The van der Waals surface area contributed by atoms with Crippen LogP contribution in [-0.4, -0.2) is 81.9 Å². The van der Waals surface area contributed by atoms with E-state index in [1.807, 2.05) is 0 Å². The number of ether oxygens (including phenoxy) is 1. The number of rotatable bonds is 9. The van der Waals surface area contributed by atoms with Crippen molar-refractivity contribution in [2.45, 2.75) is 47.4 Å². The SMILES string of the molecule is O=C(O)C1=C[C@H](NS(=O)(=O)C(Cl)Cl)[C@@H](NC(=O)C2CC2)[C@H]([C@H](O)[C@H](O)CO)O1. The van der Waals surface area contributed by atoms with Crippen LogP contribution in [0.2, 0.25) is 0 Å². The van der Waals surface area contributed by atoms with Gasteiger partial charge in [0.05, 0.1) is 18.7 Å². The molecule has 0 aromatic heterocycles. The Morgan fingerprint density at radius 1 is 1.29 bits per heavy atom. The van der Waals surface area contributed by atoms with E-state index in [-0.39, 0.29) is 5.92 Å². The largest absolute Gasteiger partial charge is 0.478 e. The molecule has 5 atom stereocenters. The average Bonchev–Trinajstić information content (AvgIpc) is 3.46. The van der Waals surface area contributed by atoms with Gasteiger partial charge in [-0.3, -0.25) is 4.79 Å². The van der Waals surface area contributed by atoms with E-state index in [4.69, 9.17) is 33.0 Å². The molecule has 1 fully saturated rings. The Labute approximate surface area is 170 Å². The zero-order chi connectivity index (χ0) is 21.2. The third-order valence-corrected chi connectivity index (χ3v) is 6.73. The highest BCUT2D eigenvalue weighted by atomic mass is 35.5. The maximum Gasteiger partial charge on any atom is 0.370 e. The van der Waals surface area contributed by atoms with Crippen molar-refractivity contribution in [2.75, 3.05) is 6.61 Å². The summed E-state index contributed by atoms with van der Waals surface area (Å²) in [6.45, 7) is -0.891. The van der Waals surface area contributed by atoms with E-state index in [1.54, 1.807) is 0 Å². The fraction of sp³-hybridized carbons (Fsp3) is 0.714. The molecule has 0 radical (unpaired) electrons. The number of aliphatic hydroxyl groups is 3. The second-order valence-corrected chi connectivity index (χ2v) is 9.83. The van der Waals surface area contributed by atoms with Crippen molar-refractivity contribution in [3.63, 3.8) is 0 Å². The number of carbonyl (C=O) groups is 2. The highest BCUT2D eigenvalue weighted by Gasteiger charge is 2.46. The van der Waals surface area contributed by atoms with E-state index in [0.29, 0.717) is 12.8 Å². The molecule has 0 aromatic rings. The van der Waals surface area contributed by atoms with Crippen LogP contribution in [0.3, 0.4) is 0 Å². The minimum Gasteiger partial charge on any atom is -0.478 e. The van der Waals surface area contributed by atoms with Crippen molar-refractivity contribution in [2.24, 2.45) is 5.92 Å². The first-order valence-electron chi connectivity index (χ1n) is 8.16. The summed E-state index contributed by atoms with van der Waals surface area (Å²) in [5.41, 5.74) is 0. The van der Waals surface area contributed by atoms with Crippen molar-refractivity contribution in [3.8, 4) is 0 Å². The highest BCUT2D eigenvalue weighted by Crippen LogP contribution is 2.30. The van der Waals surface area contributed by atoms with Crippen molar-refractivity contribution >= 4 is 45.1 Å². The van der Waals surface area contributed by atoms with Gasteiger partial charge >= 0.3 is 5.97 Å². The van der Waals surface area contributed by atoms with Crippen LogP contribution in [0.4, 0.5) is 0 Å². The zero-order valence-electron chi connectivity index (χ0n) is 14.2. The van der Waals surface area contributed by atoms with Gasteiger partial charge in [-0.1, -0.05) is 23.2 Å². The first-order valence-corrected chi connectivity index (χ1v) is 10.6. The van der Waals surface area contributed by atoms with Gasteiger partial charge in [-0.25, -0.2) is 17.9 Å². The van der Waals surface area contributed by atoms with Gasteiger partial charge in [0.1, 0.15) is 18.3 Å². The topological polar surface area (TPSA) is 182 Å². The quantitative estimate of drug-likeness (QED) is 0.211. The number of aliphatic carboxylic acids is 1. The third-order valence-electron chi connectivity index (χ3n) is 4.26. The van der Waals surface area contributed by atoms with E-state index < -0.39 is 68.8 Å². The van der Waals surface area contributed by atoms with E-state index in [0.717, 1.165) is 6.08 Å². The van der Waals surface area contributed by atoms with Crippen LogP contribution >= 0.6 is 23.2 Å². The summed E-state index contributed by atoms with van der Waals surface area (Å²) in [6, 6.07) is -2.74. The Balaban J connectivity index is 2.42. The van der Waals surface area contributed by atoms with E-state index in [1.165, 1.54) is 0 Å². The molecule has 2 aliphatic rings. The molecule has 2 rings (SSSR count). The number of amides is 1. The number of alkyl halides is 2. The fourth-order valence-corrected chi connectivity index (χ4v) is 3.61. The Kier molecular flexibility index (Phi) is 7.53. The first kappa shape index (κ1) is 23.1. The van der Waals surface area contributed by atoms with Crippen LogP contribution in [0.25, 0.3) is 0 Å². The fourth-order valence-electron chi connectivity index (χ4n) is 2.61. The molecular formula is C14H20Cl2N2O9S. The van der Waals surface area contributed by atoms with Gasteiger partial charge in [-0.15, -0.1) is 0 Å². The second-order valence-electron chi connectivity index (χ2n) is 6.42. The summed E-state index contributed by atoms with van der Waals surface area (Å²) in [4.78, 5) is 23.6. The molecule has 14 heteroatoms. The van der Waals surface area contributed by atoms with Gasteiger partial charge in [0.2, 0.25) is 25.9 Å². The van der Waals surface area contributed by atoms with Crippen LogP contribution in [0, 0.1) is 5.92 Å². The predicted molar refractivity (Wildman–Crippen MR) is 95.7 cm³/mol. The number of halogens is 2. The number of carbonyl (C=O) groups excluding carboxylic acids is 1. The van der Waals surface area contributed by atoms with Crippen LogP contribution in [-0.2, 0) is 24.3 Å². The highest BCUT2D eigenvalue weighted by molar-refractivity contribution is 7.92. The summed E-state index contributed by atoms with van der Waals surface area (Å²) in [5.74, 6) is -3.09. The van der Waals surface area contributed by atoms with Crippen molar-refractivity contribution < 1.29 is 43.2 Å². The van der Waals surface area contributed by atoms with Gasteiger partial charge in [0, 0.05) is 5.92 Å². The number of aliphatic hydroxyl groups excluding tert-OH is 3. The summed E-state index contributed by atoms with van der Waals surface area (Å²) in [5, 5.41) is 40.8. The lowest BCUT2D eigenvalue weighted by Crippen LogP contribution is -2.64. The molecule has 1 aliphatic carbocycles. The van der Waals surface area contributed by atoms with Crippen LogP contribution in [0.1, 0.15) is 12.8 Å². The molecule has 1 aliphatic heterocycles. The van der Waals surface area contributed by atoms with Crippen molar-refractivity contribution in [1.29, 1.82) is 0 Å². The van der Waals surface area contributed by atoms with Gasteiger partial charge in [0.25, 0.3) is 0 Å². The van der Waals surface area contributed by atoms with Gasteiger partial charge < -0.3 is 30.5 Å². The minimum atomic E-state index is -4.35. The molecular weight excluding hydrogens is 443 g/mol. The number of sulfonamides is 1. The lowest BCUT2D eigenvalue weighted by Gasteiger charge is -2.40. The average molecular weight is 463 g/mol. The predicted octanol–water partition coefficient (Wildman–Crippen LogP) is -1.99. The molecule has 0 spiro atoms. The Bertz CT molecular complexity index is 741. The van der Waals surface area contributed by atoms with E-state index in [2.05, 4.69) is 10.0 Å². The number of hydrogen-bond acceptors (Lipinski definition) is 8. The van der Waals surface area contributed by atoms with Crippen molar-refractivity contribution in [3.05, 3.63) is 11.8 Å². The Morgan fingerprint density at radius 2 is 1.89 bits per heavy atom. The molecule has 1 heterocycles. The second kappa shape index (κ2) is 9.11. The molecule has 0 bridgehead atoms. The molecule has 6 N–H and O–H groups in total. The Morgan fingerprint density at radius 3 is 2.36 bits per heavy atom. The monoisotopic (exact) mass is 462 g/mol. The molecule has 11 nitrogen and oxygen atoms in total. The lowest BCUT2D eigenvalue weighted by molar-refractivity contribution is -0.146. The van der Waals surface area contributed by atoms with Gasteiger partial charge in [-0.2, -0.15) is 0 Å². The number of nitrogens with one attached hydrogen (secondary N) is 2. The summed E-state index contributed by atoms with van der Waals surface area (Å²) in [7, 11) is -4.35. The van der Waals surface area contributed by atoms with Gasteiger partial charge in [0.15, 0.2) is 0 Å². The Hall–Kier alpha value is -1.15. The number of hydrogen-bond donors (Lipinski definition) is 6. The maximum atomic E-state index is 12.2. The van der Waals surface area contributed by atoms with Crippen molar-refractivity contribution in [1.82, 2.24) is 10.0 Å². The maximum absolute atomic E-state index is 12.2. The normalized spacial score (nSPS) is 27.5. The molecule has 28 heavy (non-hydrogen) atoms. The number of carboxylic acid groups (broad SMARTS) is 1. The summed E-state index contributed by atoms with van der Waals surface area (Å²) >= 11 is 10.8. The summed E-state index contributed by atoms with van der Waals surface area (Å²) in [6.07, 6.45) is -3.09. The molecule has 0 aromatic carbocycles. The molecule has 0 unspecified atom stereocenters. The molecule has 1 amide bonds.